The summed E-state index contributed by atoms with van der Waals surface area (Å²) in [4.78, 5) is 20.2. The van der Waals surface area contributed by atoms with Crippen molar-refractivity contribution in [1.82, 2.24) is 0 Å². The van der Waals surface area contributed by atoms with Gasteiger partial charge in [0.15, 0.2) is 0 Å². The molecule has 0 aliphatic rings. The number of hydrogen-bond donors (Lipinski definition) is 2. The van der Waals surface area contributed by atoms with Crippen LogP contribution < -0.4 is 10.8 Å². The third kappa shape index (κ3) is 5.45. The number of quaternary nitrogens is 1. The first-order valence-electron chi connectivity index (χ1n) is 5.79. The Balaban J connectivity index is 2.40. The number of carboxylic acids is 1. The van der Waals surface area contributed by atoms with E-state index < -0.39 is 19.4 Å². The van der Waals surface area contributed by atoms with Crippen molar-refractivity contribution in [2.45, 2.75) is 18.9 Å². The lowest BCUT2D eigenvalue weighted by molar-refractivity contribution is -0.437. The van der Waals surface area contributed by atoms with Crippen LogP contribution in [0.2, 0.25) is 0 Å². The normalized spacial score (nSPS) is 15.9. The summed E-state index contributed by atoms with van der Waals surface area (Å²) in [7, 11) is -3.28. The summed E-state index contributed by atoms with van der Waals surface area (Å²) in [5, 5.41) is 10.5. The number of benzene rings is 1. The number of carbonyl (C=O) groups excluding carboxylic acids is 1. The average molecular weight is 271 g/mol. The van der Waals surface area contributed by atoms with Crippen LogP contribution in [0.5, 0.6) is 0 Å². The molecule has 0 bridgehead atoms. The number of aliphatic carboxylic acids is 1. The van der Waals surface area contributed by atoms with Gasteiger partial charge in [0, 0.05) is 18.7 Å². The lowest BCUT2D eigenvalue weighted by Gasteiger charge is -2.14. The van der Waals surface area contributed by atoms with Gasteiger partial charge in [-0.05, 0) is 12.0 Å². The number of rotatable bonds is 7. The second kappa shape index (κ2) is 6.69. The van der Waals surface area contributed by atoms with Gasteiger partial charge in [-0.15, -0.1) is 0 Å². The molecule has 6 heteroatoms. The number of hydrogen-bond acceptors (Lipinski definition) is 3. The molecule has 0 aromatic heterocycles. The molecule has 0 aliphatic heterocycles. The number of aryl methyl sites for hydroxylation is 1. The van der Waals surface area contributed by atoms with Crippen LogP contribution >= 0.6 is 7.37 Å². The zero-order valence-corrected chi connectivity index (χ0v) is 11.0. The molecule has 5 nitrogen and oxygen atoms in total. The predicted molar refractivity (Wildman–Crippen MR) is 66.0 cm³/mol. The Morgan fingerprint density at radius 3 is 2.50 bits per heavy atom. The Morgan fingerprint density at radius 2 is 1.94 bits per heavy atom. The van der Waals surface area contributed by atoms with Crippen LogP contribution in [0, 0.1) is 0 Å². The highest BCUT2D eigenvalue weighted by Crippen LogP contribution is 2.41. The van der Waals surface area contributed by atoms with E-state index in [0.29, 0.717) is 6.42 Å². The van der Waals surface area contributed by atoms with E-state index >= 15 is 0 Å². The zero-order chi connectivity index (χ0) is 13.6. The second-order valence-electron chi connectivity index (χ2n) is 4.33. The van der Waals surface area contributed by atoms with E-state index in [1.165, 1.54) is 0 Å². The van der Waals surface area contributed by atoms with Crippen LogP contribution in [0.1, 0.15) is 12.0 Å². The molecule has 100 valence electrons. The summed E-state index contributed by atoms with van der Waals surface area (Å²) in [5.74, 6) is -1.28. The first-order valence-corrected chi connectivity index (χ1v) is 7.82. The van der Waals surface area contributed by atoms with Crippen LogP contribution in [0.25, 0.3) is 0 Å². The highest BCUT2D eigenvalue weighted by molar-refractivity contribution is 7.57. The van der Waals surface area contributed by atoms with Crippen molar-refractivity contribution in [2.75, 3.05) is 12.3 Å². The standard InChI is InChI=1S/C12H18NO4P/c13-11(12(14)15)7-9-18(16,17)8-6-10-4-2-1-3-5-10/h1-5,11H,6-9,13H2,(H,14,15)(H,16,17)/t11-/m1/s1. The molecule has 0 spiro atoms. The Bertz CT molecular complexity index is 435. The highest BCUT2D eigenvalue weighted by Gasteiger charge is 2.20. The van der Waals surface area contributed by atoms with Gasteiger partial charge in [0.25, 0.3) is 0 Å². The molecule has 1 aromatic rings. The lowest BCUT2D eigenvalue weighted by atomic mass is 10.2. The van der Waals surface area contributed by atoms with E-state index in [9.17, 15) is 19.4 Å². The van der Waals surface area contributed by atoms with Gasteiger partial charge >= 0.3 is 0 Å². The average Bonchev–Trinajstić information content (AvgIpc) is 2.35. The zero-order valence-electron chi connectivity index (χ0n) is 10.1. The smallest absolute Gasteiger partial charge is 0.201 e. The van der Waals surface area contributed by atoms with Crippen molar-refractivity contribution >= 4 is 13.3 Å². The molecule has 0 saturated heterocycles. The van der Waals surface area contributed by atoms with Crippen molar-refractivity contribution < 1.29 is 25.1 Å². The van der Waals surface area contributed by atoms with Gasteiger partial charge in [-0.1, -0.05) is 30.3 Å². The van der Waals surface area contributed by atoms with Gasteiger partial charge in [0.2, 0.25) is 7.37 Å². The quantitative estimate of drug-likeness (QED) is 0.636. The van der Waals surface area contributed by atoms with E-state index in [4.69, 9.17) is 0 Å². The summed E-state index contributed by atoms with van der Waals surface area (Å²) in [6.45, 7) is 0. The van der Waals surface area contributed by atoms with E-state index in [1.54, 1.807) is 0 Å². The Kier molecular flexibility index (Phi) is 5.54. The molecule has 0 aliphatic carbocycles. The molecule has 1 unspecified atom stereocenters. The van der Waals surface area contributed by atoms with Gasteiger partial charge in [0.1, 0.15) is 6.04 Å². The van der Waals surface area contributed by atoms with E-state index in [0.717, 1.165) is 5.56 Å². The molecule has 4 N–H and O–H groups in total. The molecule has 0 saturated carbocycles. The largest absolute Gasteiger partial charge is 0.544 e. The molecule has 0 heterocycles. The summed E-state index contributed by atoms with van der Waals surface area (Å²) in [6, 6.07) is 8.49. The van der Waals surface area contributed by atoms with E-state index in [-0.39, 0.29) is 18.7 Å². The van der Waals surface area contributed by atoms with Crippen LogP contribution in [-0.4, -0.2) is 29.2 Å². The first-order chi connectivity index (χ1) is 8.41. The van der Waals surface area contributed by atoms with E-state index in [1.807, 2.05) is 30.3 Å². The van der Waals surface area contributed by atoms with Gasteiger partial charge in [-0.2, -0.15) is 0 Å². The van der Waals surface area contributed by atoms with Crippen molar-refractivity contribution in [3.63, 3.8) is 0 Å². The Morgan fingerprint density at radius 1 is 1.33 bits per heavy atom. The summed E-state index contributed by atoms with van der Waals surface area (Å²) in [5.41, 5.74) is 4.36. The monoisotopic (exact) mass is 271 g/mol. The fourth-order valence-electron chi connectivity index (χ4n) is 1.54. The fraction of sp³-hybridized carbons (Fsp3) is 0.417. The molecule has 18 heavy (non-hydrogen) atoms. The molecule has 1 aromatic carbocycles. The molecular weight excluding hydrogens is 253 g/mol. The van der Waals surface area contributed by atoms with Gasteiger partial charge in [0.05, 0.1) is 5.97 Å². The van der Waals surface area contributed by atoms with Gasteiger partial charge in [-0.3, -0.25) is 4.57 Å². The summed E-state index contributed by atoms with van der Waals surface area (Å²) < 4.78 is 11.8. The maximum atomic E-state index is 11.8. The van der Waals surface area contributed by atoms with Gasteiger partial charge in [-0.25, -0.2) is 0 Å². The Hall–Kier alpha value is -1.16. The molecule has 0 amide bonds. The Labute approximate surface area is 106 Å². The van der Waals surface area contributed by atoms with Crippen molar-refractivity contribution in [2.24, 2.45) is 0 Å². The highest BCUT2D eigenvalue weighted by atomic mass is 31.2. The van der Waals surface area contributed by atoms with Crippen LogP contribution in [0.3, 0.4) is 0 Å². The fourth-order valence-corrected chi connectivity index (χ4v) is 3.08. The minimum absolute atomic E-state index is 0.0258. The summed E-state index contributed by atoms with van der Waals surface area (Å²) in [6.07, 6.45) is 0.728. The van der Waals surface area contributed by atoms with Crippen LogP contribution in [0.15, 0.2) is 30.3 Å². The minimum Gasteiger partial charge on any atom is -0.544 e. The molecule has 2 atom stereocenters. The maximum absolute atomic E-state index is 11.8. The van der Waals surface area contributed by atoms with Crippen molar-refractivity contribution in [3.8, 4) is 0 Å². The van der Waals surface area contributed by atoms with E-state index in [2.05, 4.69) is 5.73 Å². The van der Waals surface area contributed by atoms with Crippen molar-refractivity contribution in [1.29, 1.82) is 0 Å². The lowest BCUT2D eigenvalue weighted by Crippen LogP contribution is -2.68. The molecule has 0 fully saturated rings. The first kappa shape index (κ1) is 14.9. The second-order valence-corrected chi connectivity index (χ2v) is 6.92. The van der Waals surface area contributed by atoms with Crippen LogP contribution in [-0.2, 0) is 15.8 Å². The maximum Gasteiger partial charge on any atom is 0.201 e. The van der Waals surface area contributed by atoms with Crippen molar-refractivity contribution in [3.05, 3.63) is 35.9 Å². The SMILES string of the molecule is [NH3+][C@H](CCP(=O)(O)CCc1ccccc1)C(=O)[O-]. The number of carboxylic acid groups (broad SMARTS) is 1. The third-order valence-corrected chi connectivity index (χ3v) is 4.63. The topological polar surface area (TPSA) is 105 Å². The van der Waals surface area contributed by atoms with Gasteiger partial charge < -0.3 is 20.5 Å². The molecule has 0 radical (unpaired) electrons. The molecular formula is C12H18NO4P. The number of carbonyl (C=O) groups is 1. The minimum atomic E-state index is -3.28. The predicted octanol–water partition coefficient (Wildman–Crippen LogP) is -0.750. The van der Waals surface area contributed by atoms with Crippen LogP contribution in [0.4, 0.5) is 0 Å². The summed E-state index contributed by atoms with van der Waals surface area (Å²) >= 11 is 0. The molecule has 1 rings (SSSR count). The third-order valence-electron chi connectivity index (χ3n) is 2.75.